The Morgan fingerprint density at radius 2 is 1.70 bits per heavy atom. The largest absolute Gasteiger partial charge is 0.508 e. The van der Waals surface area contributed by atoms with Gasteiger partial charge >= 0.3 is 0 Å². The van der Waals surface area contributed by atoms with Crippen LogP contribution >= 0.6 is 0 Å². The average Bonchev–Trinajstić information content (AvgIpc) is 2.58. The van der Waals surface area contributed by atoms with Crippen LogP contribution in [0.25, 0.3) is 12.2 Å². The molecule has 4 nitrogen and oxygen atoms in total. The molecule has 3 rings (SSSR count). The van der Waals surface area contributed by atoms with E-state index in [1.165, 1.54) is 0 Å². The van der Waals surface area contributed by atoms with Gasteiger partial charge in [0.15, 0.2) is 0 Å². The summed E-state index contributed by atoms with van der Waals surface area (Å²) in [6, 6.07) is 17.0. The minimum absolute atomic E-state index is 0.250. The minimum Gasteiger partial charge on any atom is -0.508 e. The van der Waals surface area contributed by atoms with Gasteiger partial charge in [-0.15, -0.1) is 0 Å². The summed E-state index contributed by atoms with van der Waals surface area (Å²) in [5.41, 5.74) is 9.58. The van der Waals surface area contributed by atoms with E-state index in [-0.39, 0.29) is 5.75 Å². The van der Waals surface area contributed by atoms with Crippen LogP contribution in [-0.2, 0) is 6.42 Å². The number of hydrogen-bond acceptors (Lipinski definition) is 4. The fourth-order valence-electron chi connectivity index (χ4n) is 2.22. The van der Waals surface area contributed by atoms with E-state index in [9.17, 15) is 5.11 Å². The smallest absolute Gasteiger partial charge is 0.145 e. The lowest BCUT2D eigenvalue weighted by Crippen LogP contribution is -2.03. The van der Waals surface area contributed by atoms with Crippen molar-refractivity contribution in [3.05, 3.63) is 83.3 Å². The molecule has 114 valence electrons. The molecular weight excluding hydrogens is 286 g/mol. The quantitative estimate of drug-likeness (QED) is 0.773. The first-order chi connectivity index (χ1) is 11.2. The number of aromatic hydroxyl groups is 1. The second-order valence-corrected chi connectivity index (χ2v) is 5.21. The highest BCUT2D eigenvalue weighted by Crippen LogP contribution is 2.15. The van der Waals surface area contributed by atoms with Gasteiger partial charge in [0.2, 0.25) is 0 Å². The molecule has 0 atom stereocenters. The summed E-state index contributed by atoms with van der Waals surface area (Å²) in [5.74, 6) is 0.704. The topological polar surface area (TPSA) is 72.0 Å². The molecule has 0 radical (unpaired) electrons. The highest BCUT2D eigenvalue weighted by atomic mass is 16.3. The van der Waals surface area contributed by atoms with Gasteiger partial charge in [0.25, 0.3) is 0 Å². The molecule has 23 heavy (non-hydrogen) atoms. The van der Waals surface area contributed by atoms with Crippen molar-refractivity contribution in [1.29, 1.82) is 0 Å². The van der Waals surface area contributed by atoms with Crippen molar-refractivity contribution in [2.75, 3.05) is 5.73 Å². The molecule has 4 heteroatoms. The molecule has 1 aromatic heterocycles. The second-order valence-electron chi connectivity index (χ2n) is 5.21. The number of aromatic nitrogens is 2. The van der Waals surface area contributed by atoms with Gasteiger partial charge in [0.05, 0.1) is 17.6 Å². The number of rotatable bonds is 4. The first-order valence-corrected chi connectivity index (χ1v) is 7.33. The third-order valence-electron chi connectivity index (χ3n) is 3.45. The van der Waals surface area contributed by atoms with Crippen LogP contribution in [-0.4, -0.2) is 15.1 Å². The van der Waals surface area contributed by atoms with Gasteiger partial charge in [-0.2, -0.15) is 0 Å². The van der Waals surface area contributed by atoms with Crippen LogP contribution in [0.5, 0.6) is 5.75 Å². The molecule has 0 spiro atoms. The number of phenolic OH excluding ortho intramolecular Hbond substituents is 1. The fraction of sp³-hybridized carbons (Fsp3) is 0.0526. The lowest BCUT2D eigenvalue weighted by atomic mass is 10.1. The van der Waals surface area contributed by atoms with Crippen molar-refractivity contribution < 1.29 is 5.11 Å². The Balaban J connectivity index is 1.81. The van der Waals surface area contributed by atoms with Gasteiger partial charge < -0.3 is 10.8 Å². The summed E-state index contributed by atoms with van der Waals surface area (Å²) in [6.45, 7) is 0. The second kappa shape index (κ2) is 6.75. The Bertz CT molecular complexity index is 812. The molecule has 0 saturated carbocycles. The highest BCUT2D eigenvalue weighted by molar-refractivity contribution is 5.68. The van der Waals surface area contributed by atoms with Gasteiger partial charge in [0, 0.05) is 6.42 Å². The Kier molecular flexibility index (Phi) is 4.34. The van der Waals surface area contributed by atoms with Crippen LogP contribution in [0.15, 0.2) is 60.8 Å². The summed E-state index contributed by atoms with van der Waals surface area (Å²) in [7, 11) is 0. The molecule has 3 N–H and O–H groups in total. The van der Waals surface area contributed by atoms with Gasteiger partial charge in [-0.1, -0.05) is 48.5 Å². The summed E-state index contributed by atoms with van der Waals surface area (Å²) >= 11 is 0. The maximum absolute atomic E-state index is 9.29. The molecule has 3 aromatic rings. The first-order valence-electron chi connectivity index (χ1n) is 7.33. The van der Waals surface area contributed by atoms with E-state index < -0.39 is 0 Å². The normalized spacial score (nSPS) is 11.0. The molecule has 0 fully saturated rings. The molecule has 0 aliphatic heterocycles. The van der Waals surface area contributed by atoms with Crippen molar-refractivity contribution in [3.63, 3.8) is 0 Å². The van der Waals surface area contributed by atoms with E-state index in [4.69, 9.17) is 5.73 Å². The zero-order valence-electron chi connectivity index (χ0n) is 12.6. The molecule has 1 heterocycles. The highest BCUT2D eigenvalue weighted by Gasteiger charge is 2.04. The summed E-state index contributed by atoms with van der Waals surface area (Å²) in [5, 5.41) is 9.29. The molecule has 0 amide bonds. The van der Waals surface area contributed by atoms with Gasteiger partial charge in [0.1, 0.15) is 11.6 Å². The standard InChI is InChI=1S/C19H17N3O/c20-19-18(12-15-4-2-1-3-5-15)22-16(13-21-19)9-6-14-7-10-17(23)11-8-14/h1-11,13,23H,12H2,(H2,20,21)/b9-6+. The maximum Gasteiger partial charge on any atom is 0.145 e. The van der Waals surface area contributed by atoms with Crippen molar-refractivity contribution in [2.24, 2.45) is 0 Å². The van der Waals surface area contributed by atoms with Gasteiger partial charge in [-0.05, 0) is 29.3 Å². The lowest BCUT2D eigenvalue weighted by Gasteiger charge is -2.05. The SMILES string of the molecule is Nc1ncc(/C=C/c2ccc(O)cc2)nc1Cc1ccccc1. The molecule has 0 unspecified atom stereocenters. The number of hydrogen-bond donors (Lipinski definition) is 2. The third kappa shape index (κ3) is 3.95. The number of phenols is 1. The number of nitrogens with zero attached hydrogens (tertiary/aromatic N) is 2. The van der Waals surface area contributed by atoms with Crippen LogP contribution in [0.3, 0.4) is 0 Å². The lowest BCUT2D eigenvalue weighted by molar-refractivity contribution is 0.475. The Hall–Kier alpha value is -3.14. The van der Waals surface area contributed by atoms with E-state index in [0.717, 1.165) is 22.5 Å². The molecule has 0 saturated heterocycles. The summed E-state index contributed by atoms with van der Waals surface area (Å²) in [6.07, 6.45) is 6.11. The molecule has 0 aliphatic carbocycles. The zero-order valence-corrected chi connectivity index (χ0v) is 12.6. The van der Waals surface area contributed by atoms with Gasteiger partial charge in [-0.3, -0.25) is 0 Å². The van der Waals surface area contributed by atoms with Crippen molar-refractivity contribution in [3.8, 4) is 5.75 Å². The maximum atomic E-state index is 9.29. The predicted molar refractivity (Wildman–Crippen MR) is 92.7 cm³/mol. The van der Waals surface area contributed by atoms with Gasteiger partial charge in [-0.25, -0.2) is 9.97 Å². The van der Waals surface area contributed by atoms with Crippen LogP contribution in [0.4, 0.5) is 5.82 Å². The van der Waals surface area contributed by atoms with Crippen LogP contribution in [0.2, 0.25) is 0 Å². The summed E-state index contributed by atoms with van der Waals surface area (Å²) in [4.78, 5) is 8.80. The number of nitrogen functional groups attached to an aromatic ring is 1. The third-order valence-corrected chi connectivity index (χ3v) is 3.45. The van der Waals surface area contributed by atoms with E-state index in [2.05, 4.69) is 9.97 Å². The van der Waals surface area contributed by atoms with E-state index in [1.54, 1.807) is 18.3 Å². The Morgan fingerprint density at radius 3 is 2.43 bits per heavy atom. The Morgan fingerprint density at radius 1 is 0.957 bits per heavy atom. The van der Waals surface area contributed by atoms with E-state index >= 15 is 0 Å². The number of benzene rings is 2. The first kappa shape index (κ1) is 14.8. The van der Waals surface area contributed by atoms with Crippen LogP contribution in [0.1, 0.15) is 22.5 Å². The van der Waals surface area contributed by atoms with E-state index in [0.29, 0.717) is 12.2 Å². The molecule has 0 bridgehead atoms. The Labute approximate surface area is 135 Å². The minimum atomic E-state index is 0.250. The van der Waals surface area contributed by atoms with Crippen LogP contribution < -0.4 is 5.73 Å². The zero-order chi connectivity index (χ0) is 16.1. The van der Waals surface area contributed by atoms with E-state index in [1.807, 2.05) is 54.6 Å². The summed E-state index contributed by atoms with van der Waals surface area (Å²) < 4.78 is 0. The monoisotopic (exact) mass is 303 g/mol. The van der Waals surface area contributed by atoms with Crippen molar-refractivity contribution >= 4 is 18.0 Å². The van der Waals surface area contributed by atoms with Crippen molar-refractivity contribution in [1.82, 2.24) is 9.97 Å². The average molecular weight is 303 g/mol. The molecular formula is C19H17N3O. The van der Waals surface area contributed by atoms with Crippen LogP contribution in [0, 0.1) is 0 Å². The number of nitrogens with two attached hydrogens (primary N) is 1. The predicted octanol–water partition coefficient (Wildman–Crippen LogP) is 3.53. The van der Waals surface area contributed by atoms with Crippen molar-refractivity contribution in [2.45, 2.75) is 6.42 Å². The number of anilines is 1. The fourth-order valence-corrected chi connectivity index (χ4v) is 2.22. The molecule has 0 aliphatic rings. The molecule has 2 aromatic carbocycles.